The lowest BCUT2D eigenvalue weighted by Crippen LogP contribution is -2.54. The van der Waals surface area contributed by atoms with Crippen molar-refractivity contribution in [2.75, 3.05) is 0 Å². The molecule has 7 rings (SSSR count). The molecule has 7 aliphatic rings. The third-order valence-corrected chi connectivity index (χ3v) is 9.02. The molecule has 0 amide bonds. The Labute approximate surface area is 216 Å². The highest BCUT2D eigenvalue weighted by atomic mass is 16.6. The number of aliphatic hydroxyl groups is 2. The van der Waals surface area contributed by atoms with Crippen molar-refractivity contribution in [1.82, 2.24) is 0 Å². The topological polar surface area (TPSA) is 158 Å². The maximum Gasteiger partial charge on any atom is 0.373 e. The predicted octanol–water partition coefficient (Wildman–Crippen LogP) is 1.07. The summed E-state index contributed by atoms with van der Waals surface area (Å²) in [6, 6.07) is 0. The second kappa shape index (κ2) is 11.7. The Bertz CT molecular complexity index is 835. The number of fused-ring (bicyclic) bond motifs is 4. The van der Waals surface area contributed by atoms with Crippen LogP contribution < -0.4 is 0 Å². The number of rotatable bonds is 2. The predicted molar refractivity (Wildman–Crippen MR) is 121 cm³/mol. The standard InChI is InChI=1S/C12H20O4.C12H18O3.2CO2/c1-2-7-3-4-10-12(16-7)5-8(13)11(14)9(6-12)15-10;1-2-7-3-4-10-12(15-7)5-8(13-10)11-9(6-12)14-11;2*2-1-3/h7-11,13-14H,2-6H2,1H3;7-11H,2-6H2,1H3;;/t7-,8+,9+,10-,11?,12-;7-,8+,9+,10-,11?,12+;;/m00../s1. The van der Waals surface area contributed by atoms with Gasteiger partial charge in [-0.3, -0.25) is 0 Å². The van der Waals surface area contributed by atoms with E-state index in [1.807, 2.05) is 0 Å². The van der Waals surface area contributed by atoms with Crippen LogP contribution in [0.15, 0.2) is 0 Å². The van der Waals surface area contributed by atoms with Crippen molar-refractivity contribution < 1.29 is 53.1 Å². The summed E-state index contributed by atoms with van der Waals surface area (Å²) in [4.78, 5) is 32.5. The minimum Gasteiger partial charge on any atom is -0.390 e. The van der Waals surface area contributed by atoms with Crippen LogP contribution in [-0.2, 0) is 42.9 Å². The van der Waals surface area contributed by atoms with Crippen molar-refractivity contribution >= 4 is 12.3 Å². The Morgan fingerprint density at radius 1 is 0.676 bits per heavy atom. The van der Waals surface area contributed by atoms with Gasteiger partial charge in [0.15, 0.2) is 0 Å². The highest BCUT2D eigenvalue weighted by molar-refractivity contribution is 5.20. The average molecular weight is 527 g/mol. The zero-order valence-electron chi connectivity index (χ0n) is 21.4. The molecule has 5 aliphatic heterocycles. The van der Waals surface area contributed by atoms with Gasteiger partial charge in [-0.25, -0.2) is 0 Å². The summed E-state index contributed by atoms with van der Waals surface area (Å²) in [5.41, 5.74) is -0.288. The fourth-order valence-electron chi connectivity index (χ4n) is 7.28. The van der Waals surface area contributed by atoms with E-state index in [1.165, 1.54) is 12.8 Å². The minimum atomic E-state index is -0.736. The smallest absolute Gasteiger partial charge is 0.373 e. The quantitative estimate of drug-likeness (QED) is 0.496. The molecule has 2 unspecified atom stereocenters. The van der Waals surface area contributed by atoms with E-state index in [2.05, 4.69) is 13.8 Å². The van der Waals surface area contributed by atoms with E-state index in [0.717, 1.165) is 44.9 Å². The van der Waals surface area contributed by atoms with Crippen LogP contribution in [0.3, 0.4) is 0 Å². The first kappa shape index (κ1) is 28.5. The van der Waals surface area contributed by atoms with Crippen molar-refractivity contribution in [3.05, 3.63) is 0 Å². The number of hydrogen-bond acceptors (Lipinski definition) is 11. The van der Waals surface area contributed by atoms with Gasteiger partial charge in [0.05, 0.1) is 60.0 Å². The zero-order chi connectivity index (χ0) is 26.8. The molecule has 11 nitrogen and oxygen atoms in total. The van der Waals surface area contributed by atoms with Crippen LogP contribution in [0.25, 0.3) is 0 Å². The van der Waals surface area contributed by atoms with Gasteiger partial charge in [-0.1, -0.05) is 13.8 Å². The Morgan fingerprint density at radius 2 is 1.11 bits per heavy atom. The molecule has 4 bridgehead atoms. The molecule has 0 radical (unpaired) electrons. The van der Waals surface area contributed by atoms with Gasteiger partial charge in [0, 0.05) is 25.7 Å². The molecule has 2 spiro atoms. The van der Waals surface area contributed by atoms with Crippen molar-refractivity contribution in [3.63, 3.8) is 0 Å². The second-order valence-electron chi connectivity index (χ2n) is 11.1. The molecule has 5 saturated heterocycles. The van der Waals surface area contributed by atoms with E-state index in [1.54, 1.807) is 0 Å². The van der Waals surface area contributed by atoms with Crippen LogP contribution in [0.4, 0.5) is 0 Å². The molecule has 2 N–H and O–H groups in total. The lowest BCUT2D eigenvalue weighted by atomic mass is 9.76. The molecular weight excluding hydrogens is 488 g/mol. The number of carbonyl (C=O) groups excluding carboxylic acids is 4. The maximum absolute atomic E-state index is 9.84. The summed E-state index contributed by atoms with van der Waals surface area (Å²) in [6.45, 7) is 4.34. The van der Waals surface area contributed by atoms with Crippen LogP contribution in [-0.4, -0.2) is 94.8 Å². The molecule has 12 atom stereocenters. The van der Waals surface area contributed by atoms with Gasteiger partial charge in [-0.15, -0.1) is 0 Å². The molecule has 0 aromatic heterocycles. The van der Waals surface area contributed by atoms with E-state index < -0.39 is 12.2 Å². The largest absolute Gasteiger partial charge is 0.390 e. The summed E-state index contributed by atoms with van der Waals surface area (Å²) in [7, 11) is 0. The summed E-state index contributed by atoms with van der Waals surface area (Å²) in [5.74, 6) is 0. The first-order chi connectivity index (χ1) is 17.8. The Hall–Kier alpha value is -1.52. The lowest BCUT2D eigenvalue weighted by molar-refractivity contribution is -0.193. The number of hydrogen-bond donors (Lipinski definition) is 2. The average Bonchev–Trinajstić information content (AvgIpc) is 3.47. The van der Waals surface area contributed by atoms with Gasteiger partial charge in [0.2, 0.25) is 0 Å². The Balaban J connectivity index is 0.000000143. The Morgan fingerprint density at radius 3 is 1.62 bits per heavy atom. The van der Waals surface area contributed by atoms with Crippen molar-refractivity contribution in [2.24, 2.45) is 0 Å². The molecule has 208 valence electrons. The highest BCUT2D eigenvalue weighted by Gasteiger charge is 2.66. The van der Waals surface area contributed by atoms with Crippen LogP contribution >= 0.6 is 0 Å². The second-order valence-corrected chi connectivity index (χ2v) is 11.1. The van der Waals surface area contributed by atoms with E-state index in [-0.39, 0.29) is 35.7 Å². The molecule has 11 heteroatoms. The third-order valence-electron chi connectivity index (χ3n) is 9.02. The third kappa shape index (κ3) is 5.62. The molecule has 0 aromatic carbocycles. The van der Waals surface area contributed by atoms with Gasteiger partial charge in [0.25, 0.3) is 0 Å². The van der Waals surface area contributed by atoms with E-state index in [4.69, 9.17) is 42.9 Å². The minimum absolute atomic E-state index is 0.0290. The van der Waals surface area contributed by atoms with E-state index in [9.17, 15) is 10.2 Å². The van der Waals surface area contributed by atoms with Crippen molar-refractivity contribution in [1.29, 1.82) is 0 Å². The zero-order valence-corrected chi connectivity index (χ0v) is 21.4. The van der Waals surface area contributed by atoms with Gasteiger partial charge in [0.1, 0.15) is 12.2 Å². The van der Waals surface area contributed by atoms with Crippen LogP contribution in [0, 0.1) is 0 Å². The first-order valence-electron chi connectivity index (χ1n) is 13.4. The number of aliphatic hydroxyl groups excluding tert-OH is 2. The van der Waals surface area contributed by atoms with Gasteiger partial charge >= 0.3 is 12.3 Å². The Kier molecular flexibility index (Phi) is 9.01. The summed E-state index contributed by atoms with van der Waals surface area (Å²) < 4.78 is 30.0. The van der Waals surface area contributed by atoms with Crippen molar-refractivity contribution in [2.45, 2.75) is 150 Å². The van der Waals surface area contributed by atoms with Gasteiger partial charge in [-0.05, 0) is 38.5 Å². The van der Waals surface area contributed by atoms with Gasteiger partial charge in [-0.2, -0.15) is 19.2 Å². The fourth-order valence-corrected chi connectivity index (χ4v) is 7.28. The molecule has 37 heavy (non-hydrogen) atoms. The summed E-state index contributed by atoms with van der Waals surface area (Å²) in [6.07, 6.45) is 11.2. The molecule has 0 aromatic rings. The SMILES string of the molecule is CC[C@H]1CC[C@@H]2O[C@@H]3C[C@]2(C[C@@H](O)C3O)O1.CC[C@H]1CC[C@@H]2O[C@@H]3C[C@]2(C[C@H]2OC23)O1.O=C=O.O=C=O. The molecule has 7 fully saturated rings. The maximum atomic E-state index is 9.84. The number of ether oxygens (including phenoxy) is 5. The molecule has 2 saturated carbocycles. The number of epoxide rings is 1. The normalized spacial score (nSPS) is 49.4. The van der Waals surface area contributed by atoms with Crippen LogP contribution in [0.2, 0.25) is 0 Å². The van der Waals surface area contributed by atoms with E-state index in [0.29, 0.717) is 43.0 Å². The van der Waals surface area contributed by atoms with Crippen LogP contribution in [0.5, 0.6) is 0 Å². The van der Waals surface area contributed by atoms with Crippen molar-refractivity contribution in [3.8, 4) is 0 Å². The van der Waals surface area contributed by atoms with Gasteiger partial charge < -0.3 is 33.9 Å². The molecule has 2 aliphatic carbocycles. The first-order valence-corrected chi connectivity index (χ1v) is 13.4. The molecule has 5 heterocycles. The summed E-state index contributed by atoms with van der Waals surface area (Å²) in [5, 5.41) is 19.6. The van der Waals surface area contributed by atoms with Crippen LogP contribution in [0.1, 0.15) is 78.1 Å². The summed E-state index contributed by atoms with van der Waals surface area (Å²) >= 11 is 0. The molecular formula is C26H38O11. The fraction of sp³-hybridized carbons (Fsp3) is 0.923. The highest BCUT2D eigenvalue weighted by Crippen LogP contribution is 2.55. The lowest BCUT2D eigenvalue weighted by Gasteiger charge is -2.44. The monoisotopic (exact) mass is 526 g/mol. The van der Waals surface area contributed by atoms with E-state index >= 15 is 0 Å².